The van der Waals surface area contributed by atoms with Crippen LogP contribution in [0.5, 0.6) is 11.5 Å². The van der Waals surface area contributed by atoms with Crippen molar-refractivity contribution in [1.29, 1.82) is 0 Å². The van der Waals surface area contributed by atoms with Crippen molar-refractivity contribution in [2.75, 3.05) is 13.6 Å². The fraction of sp³-hybridized carbons (Fsp3) is 0.222. The quantitative estimate of drug-likeness (QED) is 0.943. The summed E-state index contributed by atoms with van der Waals surface area (Å²) in [6.07, 6.45) is 0.640. The van der Waals surface area contributed by atoms with Crippen LogP contribution < -0.4 is 10.1 Å². The van der Waals surface area contributed by atoms with Gasteiger partial charge in [-0.25, -0.2) is 0 Å². The molecule has 2 aromatic rings. The lowest BCUT2D eigenvalue weighted by Crippen LogP contribution is -2.40. The molecule has 2 amide bonds. The maximum absolute atomic E-state index is 12.3. The molecule has 0 radical (unpaired) electrons. The summed E-state index contributed by atoms with van der Waals surface area (Å²) in [4.78, 5) is 25.8. The molecule has 3 rings (SSSR count). The second kappa shape index (κ2) is 6.52. The van der Waals surface area contributed by atoms with Gasteiger partial charge in [0, 0.05) is 19.2 Å². The summed E-state index contributed by atoms with van der Waals surface area (Å²) >= 11 is 0. The van der Waals surface area contributed by atoms with Crippen LogP contribution in [-0.2, 0) is 4.79 Å². The molecule has 0 saturated carbocycles. The van der Waals surface area contributed by atoms with E-state index in [0.717, 1.165) is 0 Å². The highest BCUT2D eigenvalue weighted by Crippen LogP contribution is 2.22. The van der Waals surface area contributed by atoms with Crippen LogP contribution in [0.1, 0.15) is 16.8 Å². The number of nitrogens with one attached hydrogen (secondary N) is 1. The highest BCUT2D eigenvalue weighted by molar-refractivity contribution is 5.98. The normalized spacial score (nSPS) is 17.2. The van der Waals surface area contributed by atoms with Gasteiger partial charge in [-0.05, 0) is 36.8 Å². The Kier molecular flexibility index (Phi) is 4.28. The first kappa shape index (κ1) is 15.1. The summed E-state index contributed by atoms with van der Waals surface area (Å²) in [5, 5.41) is 2.78. The number of carbonyl (C=O) groups excluding carboxylic acids is 2. The number of rotatable bonds is 4. The molecule has 1 heterocycles. The predicted octanol–water partition coefficient (Wildman–Crippen LogP) is 2.44. The maximum Gasteiger partial charge on any atom is 0.252 e. The van der Waals surface area contributed by atoms with Gasteiger partial charge in [0.15, 0.2) is 0 Å². The highest BCUT2D eigenvalue weighted by Gasteiger charge is 2.30. The summed E-state index contributed by atoms with van der Waals surface area (Å²) in [6.45, 7) is 0.668. The van der Waals surface area contributed by atoms with Gasteiger partial charge in [-0.15, -0.1) is 0 Å². The minimum atomic E-state index is -0.439. The van der Waals surface area contributed by atoms with E-state index in [1.165, 1.54) is 0 Å². The first-order chi connectivity index (χ1) is 11.1. The zero-order chi connectivity index (χ0) is 16.2. The fourth-order valence-electron chi connectivity index (χ4n) is 2.52. The number of amides is 2. The summed E-state index contributed by atoms with van der Waals surface area (Å²) < 4.78 is 5.72. The topological polar surface area (TPSA) is 58.6 Å². The van der Waals surface area contributed by atoms with E-state index >= 15 is 0 Å². The Balaban J connectivity index is 1.69. The maximum atomic E-state index is 12.3. The third-order valence-electron chi connectivity index (χ3n) is 3.81. The molecule has 0 bridgehead atoms. The Bertz CT molecular complexity index is 715. The molecule has 1 saturated heterocycles. The highest BCUT2D eigenvalue weighted by atomic mass is 16.5. The second-order valence-corrected chi connectivity index (χ2v) is 5.52. The van der Waals surface area contributed by atoms with E-state index in [4.69, 9.17) is 4.74 Å². The van der Waals surface area contributed by atoms with Crippen molar-refractivity contribution in [2.24, 2.45) is 0 Å². The molecule has 0 aromatic heterocycles. The summed E-state index contributed by atoms with van der Waals surface area (Å²) in [5.41, 5.74) is 0.473. The molecule has 5 heteroatoms. The van der Waals surface area contributed by atoms with E-state index < -0.39 is 6.04 Å². The molecule has 0 aliphatic carbocycles. The Morgan fingerprint density at radius 3 is 2.57 bits per heavy atom. The predicted molar refractivity (Wildman–Crippen MR) is 86.5 cm³/mol. The lowest BCUT2D eigenvalue weighted by Gasteiger charge is -2.13. The molecule has 1 aliphatic heterocycles. The van der Waals surface area contributed by atoms with Crippen LogP contribution in [-0.4, -0.2) is 36.3 Å². The van der Waals surface area contributed by atoms with E-state index in [-0.39, 0.29) is 11.8 Å². The minimum absolute atomic E-state index is 0.0463. The van der Waals surface area contributed by atoms with E-state index in [0.29, 0.717) is 30.0 Å². The first-order valence-electron chi connectivity index (χ1n) is 7.52. The Labute approximate surface area is 134 Å². The molecular formula is C18H18N2O3. The van der Waals surface area contributed by atoms with Crippen molar-refractivity contribution in [3.63, 3.8) is 0 Å². The number of hydrogen-bond donors (Lipinski definition) is 1. The lowest BCUT2D eigenvalue weighted by molar-refractivity contribution is -0.128. The zero-order valence-corrected chi connectivity index (χ0v) is 12.9. The average molecular weight is 310 g/mol. The lowest BCUT2D eigenvalue weighted by atomic mass is 10.1. The van der Waals surface area contributed by atoms with Crippen molar-refractivity contribution in [3.8, 4) is 11.5 Å². The molecule has 118 valence electrons. The van der Waals surface area contributed by atoms with E-state index in [1.807, 2.05) is 30.3 Å². The van der Waals surface area contributed by atoms with Gasteiger partial charge >= 0.3 is 0 Å². The third-order valence-corrected chi connectivity index (χ3v) is 3.81. The van der Waals surface area contributed by atoms with E-state index in [2.05, 4.69) is 5.32 Å². The number of carbonyl (C=O) groups is 2. The first-order valence-corrected chi connectivity index (χ1v) is 7.52. The molecule has 1 atom stereocenters. The number of benzene rings is 2. The Morgan fingerprint density at radius 1 is 1.13 bits per heavy atom. The van der Waals surface area contributed by atoms with Crippen LogP contribution in [0.25, 0.3) is 0 Å². The zero-order valence-electron chi connectivity index (χ0n) is 12.9. The van der Waals surface area contributed by atoms with E-state index in [1.54, 1.807) is 36.2 Å². The van der Waals surface area contributed by atoms with Gasteiger partial charge in [0.25, 0.3) is 5.91 Å². The smallest absolute Gasteiger partial charge is 0.252 e. The van der Waals surface area contributed by atoms with Crippen LogP contribution in [0, 0.1) is 0 Å². The number of likely N-dealkylation sites (N-methyl/N-ethyl adjacent to an activating group) is 1. The van der Waals surface area contributed by atoms with Gasteiger partial charge in [-0.2, -0.15) is 0 Å². The molecule has 0 unspecified atom stereocenters. The molecule has 2 aromatic carbocycles. The molecule has 0 spiro atoms. The van der Waals surface area contributed by atoms with Crippen LogP contribution in [0.15, 0.2) is 54.6 Å². The SMILES string of the molecule is CN1CC[C@H](NC(=O)c2cccc(Oc3ccccc3)c2)C1=O. The molecular weight excluding hydrogens is 292 g/mol. The van der Waals surface area contributed by atoms with Gasteiger partial charge in [0.2, 0.25) is 5.91 Å². The molecule has 1 N–H and O–H groups in total. The number of ether oxygens (including phenoxy) is 1. The number of likely N-dealkylation sites (tertiary alicyclic amines) is 1. The Hall–Kier alpha value is -2.82. The average Bonchev–Trinajstić information content (AvgIpc) is 2.88. The molecule has 1 aliphatic rings. The van der Waals surface area contributed by atoms with E-state index in [9.17, 15) is 9.59 Å². The van der Waals surface area contributed by atoms with Gasteiger partial charge in [0.1, 0.15) is 17.5 Å². The largest absolute Gasteiger partial charge is 0.457 e. The summed E-state index contributed by atoms with van der Waals surface area (Å²) in [7, 11) is 1.74. The van der Waals surface area contributed by atoms with Crippen LogP contribution in [0.4, 0.5) is 0 Å². The number of para-hydroxylation sites is 1. The Morgan fingerprint density at radius 2 is 1.87 bits per heavy atom. The van der Waals surface area contributed by atoms with Gasteiger partial charge < -0.3 is 15.0 Å². The van der Waals surface area contributed by atoms with Crippen molar-refractivity contribution in [3.05, 3.63) is 60.2 Å². The van der Waals surface area contributed by atoms with Crippen molar-refractivity contribution in [1.82, 2.24) is 10.2 Å². The molecule has 23 heavy (non-hydrogen) atoms. The third kappa shape index (κ3) is 3.51. The standard InChI is InChI=1S/C18H18N2O3/c1-20-11-10-16(18(20)22)19-17(21)13-6-5-9-15(12-13)23-14-7-3-2-4-8-14/h2-9,12,16H,10-11H2,1H3,(H,19,21)/t16-/m0/s1. The van der Waals surface area contributed by atoms with Crippen LogP contribution in [0.3, 0.4) is 0 Å². The van der Waals surface area contributed by atoms with Crippen LogP contribution in [0.2, 0.25) is 0 Å². The van der Waals surface area contributed by atoms with Gasteiger partial charge in [0.05, 0.1) is 0 Å². The monoisotopic (exact) mass is 310 g/mol. The molecule has 5 nitrogen and oxygen atoms in total. The second-order valence-electron chi connectivity index (χ2n) is 5.52. The summed E-state index contributed by atoms with van der Waals surface area (Å²) in [5.74, 6) is 0.976. The van der Waals surface area contributed by atoms with Crippen molar-refractivity contribution >= 4 is 11.8 Å². The number of nitrogens with zero attached hydrogens (tertiary/aromatic N) is 1. The molecule has 1 fully saturated rings. The summed E-state index contributed by atoms with van der Waals surface area (Å²) in [6, 6.07) is 15.9. The van der Waals surface area contributed by atoms with Gasteiger partial charge in [-0.3, -0.25) is 9.59 Å². The van der Waals surface area contributed by atoms with Crippen molar-refractivity contribution in [2.45, 2.75) is 12.5 Å². The van der Waals surface area contributed by atoms with Crippen molar-refractivity contribution < 1.29 is 14.3 Å². The van der Waals surface area contributed by atoms with Crippen LogP contribution >= 0.6 is 0 Å². The fourth-order valence-corrected chi connectivity index (χ4v) is 2.52. The minimum Gasteiger partial charge on any atom is -0.457 e. The van der Waals surface area contributed by atoms with Gasteiger partial charge in [-0.1, -0.05) is 24.3 Å². The number of hydrogen-bond acceptors (Lipinski definition) is 3.